The van der Waals surface area contributed by atoms with E-state index in [0.717, 1.165) is 58.9 Å². The lowest BCUT2D eigenvalue weighted by molar-refractivity contribution is 0.373. The molecule has 1 aliphatic heterocycles. The molecule has 4 aromatic rings. The zero-order chi connectivity index (χ0) is 19.4. The van der Waals surface area contributed by atoms with Crippen LogP contribution in [0.4, 0.5) is 4.39 Å². The van der Waals surface area contributed by atoms with Gasteiger partial charge in [-0.1, -0.05) is 0 Å². The molecule has 1 saturated heterocycles. The first-order valence-corrected chi connectivity index (χ1v) is 9.74. The van der Waals surface area contributed by atoms with Crippen molar-refractivity contribution in [3.05, 3.63) is 47.3 Å². The molecule has 2 atom stereocenters. The molecule has 28 heavy (non-hydrogen) atoms. The highest BCUT2D eigenvalue weighted by Crippen LogP contribution is 2.30. The van der Waals surface area contributed by atoms with Gasteiger partial charge in [-0.15, -0.1) is 0 Å². The maximum Gasteiger partial charge on any atom is 0.156 e. The monoisotopic (exact) mass is 378 g/mol. The van der Waals surface area contributed by atoms with Crippen LogP contribution in [-0.4, -0.2) is 37.2 Å². The molecule has 1 aromatic carbocycles. The zero-order valence-electron chi connectivity index (χ0n) is 16.3. The second-order valence-electron chi connectivity index (χ2n) is 7.92. The summed E-state index contributed by atoms with van der Waals surface area (Å²) in [5.41, 5.74) is 5.31. The molecular formula is C21H23FN6. The summed E-state index contributed by atoms with van der Waals surface area (Å²) >= 11 is 0. The Morgan fingerprint density at radius 3 is 2.86 bits per heavy atom. The first-order valence-electron chi connectivity index (χ1n) is 9.74. The van der Waals surface area contributed by atoms with Crippen molar-refractivity contribution in [2.75, 3.05) is 6.54 Å². The number of nitrogens with one attached hydrogen (secondary N) is 2. The van der Waals surface area contributed by atoms with Crippen LogP contribution in [0.15, 0.2) is 24.4 Å². The van der Waals surface area contributed by atoms with Crippen molar-refractivity contribution in [2.45, 2.75) is 45.6 Å². The van der Waals surface area contributed by atoms with E-state index in [9.17, 15) is 4.39 Å². The Hall–Kier alpha value is -2.80. The molecule has 0 bridgehead atoms. The Bertz CT molecular complexity index is 1190. The smallest absolute Gasteiger partial charge is 0.156 e. The summed E-state index contributed by atoms with van der Waals surface area (Å²) in [7, 11) is 0. The maximum atomic E-state index is 14.9. The highest BCUT2D eigenvalue weighted by atomic mass is 19.1. The Labute approximate surface area is 162 Å². The van der Waals surface area contributed by atoms with E-state index < -0.39 is 0 Å². The van der Waals surface area contributed by atoms with Crippen LogP contribution in [0.25, 0.3) is 27.9 Å². The highest BCUT2D eigenvalue weighted by molar-refractivity contribution is 5.82. The number of hydrogen-bond donors (Lipinski definition) is 2. The Morgan fingerprint density at radius 2 is 2.04 bits per heavy atom. The van der Waals surface area contributed by atoms with Crippen LogP contribution in [0.1, 0.15) is 42.8 Å². The zero-order valence-corrected chi connectivity index (χ0v) is 16.3. The molecule has 4 heterocycles. The quantitative estimate of drug-likeness (QED) is 0.555. The summed E-state index contributed by atoms with van der Waals surface area (Å²) in [4.78, 5) is 12.4. The second kappa shape index (κ2) is 6.38. The third kappa shape index (κ3) is 2.86. The number of rotatable bonds is 2. The fourth-order valence-electron chi connectivity index (χ4n) is 4.20. The van der Waals surface area contributed by atoms with Gasteiger partial charge in [-0.3, -0.25) is 0 Å². The fourth-order valence-corrected chi connectivity index (χ4v) is 4.20. The van der Waals surface area contributed by atoms with Gasteiger partial charge in [0.05, 0.1) is 23.1 Å². The van der Waals surface area contributed by atoms with Crippen LogP contribution in [0.2, 0.25) is 0 Å². The van der Waals surface area contributed by atoms with Crippen molar-refractivity contribution in [3.63, 3.8) is 0 Å². The molecular weight excluding hydrogens is 355 g/mol. The van der Waals surface area contributed by atoms with Gasteiger partial charge >= 0.3 is 0 Å². The molecule has 3 aromatic heterocycles. The largest absolute Gasteiger partial charge is 0.342 e. The summed E-state index contributed by atoms with van der Waals surface area (Å²) in [5, 5.41) is 8.07. The third-order valence-electron chi connectivity index (χ3n) is 5.59. The van der Waals surface area contributed by atoms with Gasteiger partial charge in [-0.05, 0) is 63.9 Å². The molecule has 0 aliphatic carbocycles. The van der Waals surface area contributed by atoms with Gasteiger partial charge in [0.2, 0.25) is 0 Å². The molecule has 0 amide bonds. The van der Waals surface area contributed by atoms with Gasteiger partial charge in [-0.2, -0.15) is 5.10 Å². The number of nitrogens with zero attached hydrogens (tertiary/aromatic N) is 4. The van der Waals surface area contributed by atoms with Gasteiger partial charge in [-0.25, -0.2) is 18.9 Å². The SMILES string of the molecule is Cc1cn2nc(-c3cc(F)c4nc(C5CCNC(C)C5)[nH]c4c3)cc(C)c2n1. The van der Waals surface area contributed by atoms with Crippen LogP contribution in [0.3, 0.4) is 0 Å². The van der Waals surface area contributed by atoms with Crippen LogP contribution in [0.5, 0.6) is 0 Å². The van der Waals surface area contributed by atoms with E-state index in [4.69, 9.17) is 0 Å². The molecule has 0 radical (unpaired) electrons. The number of fused-ring (bicyclic) bond motifs is 2. The average Bonchev–Trinajstić information content (AvgIpc) is 3.25. The van der Waals surface area contributed by atoms with E-state index in [0.29, 0.717) is 17.5 Å². The van der Waals surface area contributed by atoms with E-state index in [2.05, 4.69) is 32.3 Å². The summed E-state index contributed by atoms with van der Waals surface area (Å²) in [6.45, 7) is 7.07. The van der Waals surface area contributed by atoms with Crippen LogP contribution in [-0.2, 0) is 0 Å². The third-order valence-corrected chi connectivity index (χ3v) is 5.59. The van der Waals surface area contributed by atoms with E-state index in [1.54, 1.807) is 4.52 Å². The number of piperidine rings is 1. The molecule has 1 fully saturated rings. The van der Waals surface area contributed by atoms with Gasteiger partial charge in [0, 0.05) is 17.5 Å². The molecule has 5 rings (SSSR count). The van der Waals surface area contributed by atoms with Crippen molar-refractivity contribution in [2.24, 2.45) is 0 Å². The van der Waals surface area contributed by atoms with E-state index in [1.807, 2.05) is 32.2 Å². The normalized spacial score (nSPS) is 20.3. The van der Waals surface area contributed by atoms with Crippen molar-refractivity contribution in [1.82, 2.24) is 29.9 Å². The number of H-pyrrole nitrogens is 1. The molecule has 0 saturated carbocycles. The molecule has 6 nitrogen and oxygen atoms in total. The van der Waals surface area contributed by atoms with Gasteiger partial charge < -0.3 is 10.3 Å². The minimum absolute atomic E-state index is 0.321. The Kier molecular flexibility index (Phi) is 3.94. The summed E-state index contributed by atoms with van der Waals surface area (Å²) in [6.07, 6.45) is 3.90. The lowest BCUT2D eigenvalue weighted by Gasteiger charge is -2.26. The number of benzene rings is 1. The second-order valence-corrected chi connectivity index (χ2v) is 7.92. The number of aromatic nitrogens is 5. The standard InChI is InChI=1S/C21H23FN6/c1-11-6-17(27-28-10-13(3)24-21(11)28)15-8-16(22)19-18(9-15)25-20(26-19)14-4-5-23-12(2)7-14/h6,8-10,12,14,23H,4-5,7H2,1-3H3,(H,25,26). The van der Waals surface area contributed by atoms with Gasteiger partial charge in [0.1, 0.15) is 11.3 Å². The Balaban J connectivity index is 1.59. The van der Waals surface area contributed by atoms with Crippen molar-refractivity contribution < 1.29 is 4.39 Å². The number of imidazole rings is 2. The lowest BCUT2D eigenvalue weighted by atomic mass is 9.93. The first-order chi connectivity index (χ1) is 13.5. The molecule has 0 spiro atoms. The maximum absolute atomic E-state index is 14.9. The fraction of sp³-hybridized carbons (Fsp3) is 0.381. The predicted molar refractivity (Wildman–Crippen MR) is 107 cm³/mol. The number of halogens is 1. The average molecular weight is 378 g/mol. The van der Waals surface area contributed by atoms with Crippen LogP contribution in [0, 0.1) is 19.7 Å². The van der Waals surface area contributed by atoms with Gasteiger partial charge in [0.25, 0.3) is 0 Å². The predicted octanol–water partition coefficient (Wildman–Crippen LogP) is 3.88. The van der Waals surface area contributed by atoms with Crippen LogP contribution >= 0.6 is 0 Å². The first kappa shape index (κ1) is 17.3. The topological polar surface area (TPSA) is 70.9 Å². The Morgan fingerprint density at radius 1 is 1.18 bits per heavy atom. The van der Waals surface area contributed by atoms with Crippen molar-refractivity contribution in [1.29, 1.82) is 0 Å². The molecule has 7 heteroatoms. The van der Waals surface area contributed by atoms with Crippen molar-refractivity contribution in [3.8, 4) is 11.3 Å². The molecule has 2 N–H and O–H groups in total. The summed E-state index contributed by atoms with van der Waals surface area (Å²) in [6, 6.07) is 5.87. The number of hydrogen-bond acceptors (Lipinski definition) is 4. The summed E-state index contributed by atoms with van der Waals surface area (Å²) < 4.78 is 16.6. The van der Waals surface area contributed by atoms with Crippen molar-refractivity contribution >= 4 is 16.7 Å². The lowest BCUT2D eigenvalue weighted by Crippen LogP contribution is -2.35. The minimum atomic E-state index is -0.321. The highest BCUT2D eigenvalue weighted by Gasteiger charge is 2.23. The van der Waals surface area contributed by atoms with E-state index in [1.165, 1.54) is 6.07 Å². The number of aromatic amines is 1. The van der Waals surface area contributed by atoms with Crippen LogP contribution < -0.4 is 5.32 Å². The number of aryl methyl sites for hydroxylation is 2. The van der Waals surface area contributed by atoms with E-state index >= 15 is 0 Å². The molecule has 2 unspecified atom stereocenters. The summed E-state index contributed by atoms with van der Waals surface area (Å²) in [5.74, 6) is 0.889. The minimum Gasteiger partial charge on any atom is -0.342 e. The van der Waals surface area contributed by atoms with E-state index in [-0.39, 0.29) is 5.82 Å². The molecule has 144 valence electrons. The van der Waals surface area contributed by atoms with Gasteiger partial charge in [0.15, 0.2) is 11.5 Å². The molecule has 1 aliphatic rings.